The predicted molar refractivity (Wildman–Crippen MR) is 28.8 cm³/mol. The van der Waals surface area contributed by atoms with E-state index in [0.717, 1.165) is 0 Å². The zero-order valence-corrected chi connectivity index (χ0v) is 6.19. The molecule has 0 nitrogen and oxygen atoms in total. The summed E-state index contributed by atoms with van der Waals surface area (Å²) in [6.07, 6.45) is -8.82. The van der Waals surface area contributed by atoms with E-state index in [9.17, 15) is 30.7 Å². The topological polar surface area (TPSA) is 0 Å². The van der Waals surface area contributed by atoms with Crippen molar-refractivity contribution < 1.29 is 30.7 Å². The molecule has 8 heteroatoms. The largest absolute Gasteiger partial charge is 0.416 e. The molecule has 0 saturated carbocycles. The molecule has 0 spiro atoms. The van der Waals surface area contributed by atoms with Gasteiger partial charge in [-0.2, -0.15) is 26.3 Å². The molecule has 0 aliphatic rings. The Kier molecular flexibility index (Phi) is 6.50. The Hall–Kier alpha value is -0.200. The highest BCUT2D eigenvalue weighted by Crippen LogP contribution is 2.15. The van der Waals surface area contributed by atoms with Crippen molar-refractivity contribution in [3.63, 3.8) is 0 Å². The Labute approximate surface area is 68.3 Å². The van der Waals surface area contributed by atoms with Crippen LogP contribution in [0.3, 0.4) is 0 Å². The van der Waals surface area contributed by atoms with Crippen molar-refractivity contribution in [1.29, 1.82) is 0 Å². The van der Waals surface area contributed by atoms with Crippen molar-refractivity contribution in [3.8, 4) is 0 Å². The van der Waals surface area contributed by atoms with Gasteiger partial charge >= 0.3 is 12.4 Å². The van der Waals surface area contributed by atoms with E-state index >= 15 is 0 Å². The van der Waals surface area contributed by atoms with E-state index in [2.05, 4.69) is 11.6 Å². The van der Waals surface area contributed by atoms with Crippen molar-refractivity contribution in [1.82, 2.24) is 0 Å². The zero-order chi connectivity index (χ0) is 10.4. The van der Waals surface area contributed by atoms with Crippen molar-refractivity contribution in [2.24, 2.45) is 0 Å². The van der Waals surface area contributed by atoms with Gasteiger partial charge in [-0.15, -0.1) is 11.6 Å². The molecular formula is C4H4ClF7. The predicted octanol–water partition coefficient (Wildman–Crippen LogP) is 3.31. The fourth-order valence-electron chi connectivity index (χ4n) is 0. The summed E-state index contributed by atoms with van der Waals surface area (Å²) in [5.74, 6) is -1.26. The first-order valence-corrected chi connectivity index (χ1v) is 2.91. The first-order valence-electron chi connectivity index (χ1n) is 2.38. The molecule has 12 heavy (non-hydrogen) atoms. The summed E-state index contributed by atoms with van der Waals surface area (Å²) in [6.45, 7) is -2.23. The Morgan fingerprint density at radius 2 is 1.00 bits per heavy atom. The molecule has 0 aromatic rings. The monoisotopic (exact) mass is 220 g/mol. The number of halogens is 8. The number of alkyl halides is 8. The van der Waals surface area contributed by atoms with Crippen LogP contribution in [-0.4, -0.2) is 24.9 Å². The molecule has 0 saturated heterocycles. The molecule has 0 aromatic carbocycles. The first-order chi connectivity index (χ1) is 5.12. The van der Waals surface area contributed by atoms with Crippen LogP contribution in [0.15, 0.2) is 0 Å². The molecule has 0 aliphatic carbocycles. The van der Waals surface area contributed by atoms with Gasteiger partial charge in [-0.1, -0.05) is 0 Å². The maximum atomic E-state index is 10.7. The number of hydrogen-bond donors (Lipinski definition) is 0. The van der Waals surface area contributed by atoms with Gasteiger partial charge in [0.25, 0.3) is 0 Å². The lowest BCUT2D eigenvalue weighted by Crippen LogP contribution is -2.08. The highest BCUT2D eigenvalue weighted by Gasteiger charge is 2.26. The lowest BCUT2D eigenvalue weighted by Gasteiger charge is -1.94. The van der Waals surface area contributed by atoms with Crippen molar-refractivity contribution in [3.05, 3.63) is 0 Å². The average molecular weight is 221 g/mol. The molecule has 0 rings (SSSR count). The molecule has 0 aliphatic heterocycles. The highest BCUT2D eigenvalue weighted by molar-refractivity contribution is 6.18. The second-order valence-electron chi connectivity index (χ2n) is 1.50. The van der Waals surface area contributed by atoms with Crippen LogP contribution in [0, 0.1) is 0 Å². The molecule has 0 heterocycles. The van der Waals surface area contributed by atoms with E-state index in [1.54, 1.807) is 0 Å². The minimum atomic E-state index is -4.62. The van der Waals surface area contributed by atoms with Gasteiger partial charge in [-0.3, -0.25) is 0 Å². The summed E-state index contributed by atoms with van der Waals surface area (Å²) in [4.78, 5) is 0. The molecule has 0 amide bonds. The average Bonchev–Trinajstić information content (AvgIpc) is 1.86. The van der Waals surface area contributed by atoms with Crippen LogP contribution in [0.1, 0.15) is 0 Å². The minimum Gasteiger partial charge on any atom is -0.241 e. The third kappa shape index (κ3) is 22.6. The Morgan fingerprint density at radius 3 is 1.00 bits per heavy atom. The van der Waals surface area contributed by atoms with Crippen LogP contribution >= 0.6 is 11.6 Å². The van der Waals surface area contributed by atoms with Gasteiger partial charge in [0.2, 0.25) is 0 Å². The quantitative estimate of drug-likeness (QED) is 0.434. The van der Waals surface area contributed by atoms with Crippen molar-refractivity contribution in [2.45, 2.75) is 12.4 Å². The van der Waals surface area contributed by atoms with Gasteiger partial charge in [0.05, 0.1) is 0 Å². The normalized spacial score (nSPS) is 12.0. The van der Waals surface area contributed by atoms with E-state index in [4.69, 9.17) is 0 Å². The highest BCUT2D eigenvalue weighted by atomic mass is 35.5. The van der Waals surface area contributed by atoms with E-state index < -0.39 is 24.9 Å². The summed E-state index contributed by atoms with van der Waals surface area (Å²) in [5.41, 5.74) is 0. The molecule has 0 atom stereocenters. The van der Waals surface area contributed by atoms with Crippen LogP contribution in [0.25, 0.3) is 0 Å². The zero-order valence-electron chi connectivity index (χ0n) is 5.44. The summed E-state index contributed by atoms with van der Waals surface area (Å²) in [5, 5.41) is 0. The van der Waals surface area contributed by atoms with Crippen LogP contribution in [0.2, 0.25) is 0 Å². The van der Waals surface area contributed by atoms with Crippen molar-refractivity contribution >= 4 is 11.6 Å². The van der Waals surface area contributed by atoms with Gasteiger partial charge < -0.3 is 0 Å². The summed E-state index contributed by atoms with van der Waals surface area (Å²) in [7, 11) is 0. The maximum Gasteiger partial charge on any atom is 0.416 e. The fraction of sp³-hybridized carbons (Fsp3) is 1.00. The lowest BCUT2D eigenvalue weighted by molar-refractivity contribution is -0.142. The fourth-order valence-corrected chi connectivity index (χ4v) is 0. The number of rotatable bonds is 0. The third-order valence-corrected chi connectivity index (χ3v) is 0.606. The van der Waals surface area contributed by atoms with Crippen LogP contribution in [0.5, 0.6) is 0 Å². The molecule has 0 radical (unpaired) electrons. The summed E-state index contributed by atoms with van der Waals surface area (Å²) in [6, 6.07) is 0. The summed E-state index contributed by atoms with van der Waals surface area (Å²) < 4.78 is 73.6. The van der Waals surface area contributed by atoms with Gasteiger partial charge in [0.1, 0.15) is 5.88 Å². The molecule has 0 N–H and O–H groups in total. The van der Waals surface area contributed by atoms with Crippen LogP contribution in [0.4, 0.5) is 30.7 Å². The molecule has 76 valence electrons. The SMILES string of the molecule is FC(F)(F)CCl.FCC(F)(F)F. The van der Waals surface area contributed by atoms with Gasteiger partial charge in [-0.25, -0.2) is 4.39 Å². The van der Waals surface area contributed by atoms with E-state index in [1.165, 1.54) is 0 Å². The molecule has 0 fully saturated rings. The number of hydrogen-bond acceptors (Lipinski definition) is 0. The molecular weight excluding hydrogens is 216 g/mol. The van der Waals surface area contributed by atoms with E-state index in [1.807, 2.05) is 0 Å². The molecule has 0 unspecified atom stereocenters. The smallest absolute Gasteiger partial charge is 0.241 e. The van der Waals surface area contributed by atoms with E-state index in [0.29, 0.717) is 0 Å². The Balaban J connectivity index is 0. The lowest BCUT2D eigenvalue weighted by atomic mass is 10.8. The van der Waals surface area contributed by atoms with Gasteiger partial charge in [0, 0.05) is 0 Å². The Morgan fingerprint density at radius 1 is 0.833 bits per heavy atom. The van der Waals surface area contributed by atoms with Crippen LogP contribution in [-0.2, 0) is 0 Å². The third-order valence-electron chi connectivity index (χ3n) is 0.303. The van der Waals surface area contributed by atoms with Gasteiger partial charge in [0.15, 0.2) is 6.67 Å². The van der Waals surface area contributed by atoms with Crippen molar-refractivity contribution in [2.75, 3.05) is 12.6 Å². The standard InChI is InChI=1S/C2H2ClF3.C2H2F4/c2*3-1-2(4,5)6/h2*1H2. The van der Waals surface area contributed by atoms with Crippen LogP contribution < -0.4 is 0 Å². The van der Waals surface area contributed by atoms with Gasteiger partial charge in [-0.05, 0) is 0 Å². The first kappa shape index (κ1) is 14.3. The summed E-state index contributed by atoms with van der Waals surface area (Å²) >= 11 is 4.35. The molecule has 0 aromatic heterocycles. The second-order valence-corrected chi connectivity index (χ2v) is 1.76. The molecule has 0 bridgehead atoms. The Bertz CT molecular complexity index is 89.0. The van der Waals surface area contributed by atoms with E-state index in [-0.39, 0.29) is 0 Å². The minimum absolute atomic E-state index is 1.26. The second kappa shape index (κ2) is 5.45. The maximum absolute atomic E-state index is 10.7.